The number of ether oxygens (including phenoxy) is 1. The number of nitrogens with zero attached hydrogens (tertiary/aromatic N) is 3. The van der Waals surface area contributed by atoms with E-state index in [0.29, 0.717) is 31.3 Å². The monoisotopic (exact) mass is 443 g/mol. The molecule has 0 bridgehead atoms. The quantitative estimate of drug-likeness (QED) is 0.738. The van der Waals surface area contributed by atoms with Gasteiger partial charge in [-0.25, -0.2) is 19.3 Å². The summed E-state index contributed by atoms with van der Waals surface area (Å²) in [5.41, 5.74) is 0.973. The van der Waals surface area contributed by atoms with E-state index in [-0.39, 0.29) is 11.6 Å². The lowest BCUT2D eigenvalue weighted by Gasteiger charge is -2.33. The number of hydrogen-bond acceptors (Lipinski definition) is 5. The Morgan fingerprint density at radius 3 is 2.53 bits per heavy atom. The number of H-pyrrole nitrogens is 1. The van der Waals surface area contributed by atoms with Crippen LogP contribution in [0.25, 0.3) is 5.69 Å². The zero-order valence-electron chi connectivity index (χ0n) is 19.5. The van der Waals surface area contributed by atoms with Crippen LogP contribution in [0.1, 0.15) is 51.9 Å². The average molecular weight is 444 g/mol. The lowest BCUT2D eigenvalue weighted by Crippen LogP contribution is -2.50. The molecule has 0 spiro atoms. The lowest BCUT2D eigenvalue weighted by atomic mass is 9.93. The fraction of sp³-hybridized carbons (Fsp3) is 0.565. The van der Waals surface area contributed by atoms with Gasteiger partial charge >= 0.3 is 11.8 Å². The van der Waals surface area contributed by atoms with Crippen LogP contribution in [-0.4, -0.2) is 56.4 Å². The number of aromatic amines is 1. The molecular formula is C23H33N5O4. The van der Waals surface area contributed by atoms with Crippen molar-refractivity contribution in [1.82, 2.24) is 25.0 Å². The van der Waals surface area contributed by atoms with Gasteiger partial charge in [0.05, 0.1) is 5.69 Å². The first-order valence-electron chi connectivity index (χ1n) is 11.1. The molecule has 32 heavy (non-hydrogen) atoms. The predicted octanol–water partition coefficient (Wildman–Crippen LogP) is 2.56. The highest BCUT2D eigenvalue weighted by molar-refractivity contribution is 5.85. The summed E-state index contributed by atoms with van der Waals surface area (Å²) in [5, 5.41) is 9.44. The molecule has 9 nitrogen and oxygen atoms in total. The topological polar surface area (TPSA) is 109 Å². The average Bonchev–Trinajstić information content (AvgIpc) is 3.07. The highest BCUT2D eigenvalue weighted by atomic mass is 16.6. The molecule has 1 aromatic heterocycles. The number of aromatic nitrogens is 3. The first-order valence-corrected chi connectivity index (χ1v) is 11.1. The van der Waals surface area contributed by atoms with Crippen molar-refractivity contribution >= 4 is 12.0 Å². The van der Waals surface area contributed by atoms with Crippen molar-refractivity contribution in [2.45, 2.75) is 65.5 Å². The lowest BCUT2D eigenvalue weighted by molar-refractivity contribution is -0.134. The molecule has 0 unspecified atom stereocenters. The molecule has 1 fully saturated rings. The summed E-state index contributed by atoms with van der Waals surface area (Å²) < 4.78 is 6.87. The minimum Gasteiger partial charge on any atom is -0.444 e. The maximum Gasteiger partial charge on any atom is 0.408 e. The zero-order valence-corrected chi connectivity index (χ0v) is 19.5. The van der Waals surface area contributed by atoms with E-state index in [1.54, 1.807) is 37.2 Å². The number of nitrogens with one attached hydrogen (secondary N) is 2. The Hall–Kier alpha value is -3.10. The zero-order chi connectivity index (χ0) is 23.5. The number of amides is 2. The molecule has 2 aromatic rings. The Labute approximate surface area is 188 Å². The molecule has 1 aromatic carbocycles. The first kappa shape index (κ1) is 23.6. The van der Waals surface area contributed by atoms with Gasteiger partial charge in [-0.15, -0.1) is 0 Å². The number of carbonyl (C=O) groups is 2. The van der Waals surface area contributed by atoms with Crippen LogP contribution >= 0.6 is 0 Å². The summed E-state index contributed by atoms with van der Waals surface area (Å²) in [6.07, 6.45) is 1.67. The van der Waals surface area contributed by atoms with Gasteiger partial charge < -0.3 is 15.0 Å². The highest BCUT2D eigenvalue weighted by Crippen LogP contribution is 2.23. The second-order valence-corrected chi connectivity index (χ2v) is 9.41. The number of hydrogen-bond donors (Lipinski definition) is 2. The van der Waals surface area contributed by atoms with E-state index in [2.05, 4.69) is 15.5 Å². The third-order valence-corrected chi connectivity index (χ3v) is 5.60. The van der Waals surface area contributed by atoms with E-state index in [1.165, 1.54) is 0 Å². The number of benzene rings is 1. The third-order valence-electron chi connectivity index (χ3n) is 5.60. The molecular weight excluding hydrogens is 410 g/mol. The fourth-order valence-electron chi connectivity index (χ4n) is 3.96. The summed E-state index contributed by atoms with van der Waals surface area (Å²) in [6, 6.07) is 7.07. The maximum absolute atomic E-state index is 12.7. The Bertz CT molecular complexity index is 1010. The van der Waals surface area contributed by atoms with Crippen molar-refractivity contribution in [3.63, 3.8) is 0 Å². The van der Waals surface area contributed by atoms with Gasteiger partial charge in [0.15, 0.2) is 0 Å². The van der Waals surface area contributed by atoms with E-state index >= 15 is 0 Å². The summed E-state index contributed by atoms with van der Waals surface area (Å²) in [7, 11) is 0. The smallest absolute Gasteiger partial charge is 0.408 e. The van der Waals surface area contributed by atoms with Crippen molar-refractivity contribution in [2.75, 3.05) is 13.1 Å². The van der Waals surface area contributed by atoms with Crippen LogP contribution in [0, 0.1) is 12.8 Å². The highest BCUT2D eigenvalue weighted by Gasteiger charge is 2.29. The van der Waals surface area contributed by atoms with Gasteiger partial charge in [0, 0.05) is 19.5 Å². The van der Waals surface area contributed by atoms with Crippen LogP contribution in [0.5, 0.6) is 0 Å². The Balaban J connectivity index is 1.57. The SMILES string of the molecule is Cc1ccccc1-n1c(CC2CCN(C(=O)[C@H](C)NC(=O)OC(C)(C)C)CC2)n[nH]c1=O. The molecule has 0 radical (unpaired) electrons. The number of likely N-dealkylation sites (tertiary alicyclic amines) is 1. The minimum absolute atomic E-state index is 0.120. The van der Waals surface area contributed by atoms with Crippen LogP contribution < -0.4 is 11.0 Å². The van der Waals surface area contributed by atoms with Gasteiger partial charge in [0.2, 0.25) is 5.91 Å². The number of rotatable bonds is 5. The molecule has 2 heterocycles. The Morgan fingerprint density at radius 1 is 1.25 bits per heavy atom. The predicted molar refractivity (Wildman–Crippen MR) is 121 cm³/mol. The molecule has 1 aliphatic rings. The molecule has 3 rings (SSSR count). The van der Waals surface area contributed by atoms with Gasteiger partial charge in [-0.2, -0.15) is 5.10 Å². The van der Waals surface area contributed by atoms with Crippen LogP contribution in [0.2, 0.25) is 0 Å². The summed E-state index contributed by atoms with van der Waals surface area (Å²) in [4.78, 5) is 38.8. The number of aryl methyl sites for hydroxylation is 1. The summed E-state index contributed by atoms with van der Waals surface area (Å²) in [6.45, 7) is 10.2. The molecule has 1 aliphatic heterocycles. The van der Waals surface area contributed by atoms with Crippen molar-refractivity contribution < 1.29 is 14.3 Å². The van der Waals surface area contributed by atoms with E-state index in [0.717, 1.165) is 24.1 Å². The van der Waals surface area contributed by atoms with Crippen molar-refractivity contribution in [1.29, 1.82) is 0 Å². The van der Waals surface area contributed by atoms with Crippen molar-refractivity contribution in [3.05, 3.63) is 46.1 Å². The molecule has 2 N–H and O–H groups in total. The third kappa shape index (κ3) is 5.77. The van der Waals surface area contributed by atoms with Crippen LogP contribution in [0.15, 0.2) is 29.1 Å². The first-order chi connectivity index (χ1) is 15.0. The van der Waals surface area contributed by atoms with Gasteiger partial charge in [-0.3, -0.25) is 4.79 Å². The molecule has 0 saturated carbocycles. The largest absolute Gasteiger partial charge is 0.444 e. The van der Waals surface area contributed by atoms with Gasteiger partial charge in [-0.1, -0.05) is 18.2 Å². The van der Waals surface area contributed by atoms with E-state index in [9.17, 15) is 14.4 Å². The molecule has 174 valence electrons. The van der Waals surface area contributed by atoms with E-state index in [4.69, 9.17) is 4.74 Å². The van der Waals surface area contributed by atoms with E-state index in [1.807, 2.05) is 31.2 Å². The van der Waals surface area contributed by atoms with Crippen LogP contribution in [-0.2, 0) is 16.0 Å². The second-order valence-electron chi connectivity index (χ2n) is 9.41. The minimum atomic E-state index is -0.654. The number of alkyl carbamates (subject to hydrolysis) is 1. The van der Waals surface area contributed by atoms with Crippen LogP contribution in [0.4, 0.5) is 4.79 Å². The van der Waals surface area contributed by atoms with Crippen molar-refractivity contribution in [3.8, 4) is 5.69 Å². The molecule has 1 atom stereocenters. The number of para-hydroxylation sites is 1. The Morgan fingerprint density at radius 2 is 1.91 bits per heavy atom. The standard InChI is InChI=1S/C23H33N5O4/c1-15-8-6-7-9-18(15)28-19(25-26-21(28)30)14-17-10-12-27(13-11-17)20(29)16(2)24-22(31)32-23(3,4)5/h6-9,16-17H,10-14H2,1-5H3,(H,24,31)(H,26,30)/t16-/m0/s1. The molecule has 0 aliphatic carbocycles. The van der Waals surface area contributed by atoms with E-state index < -0.39 is 17.7 Å². The number of piperidine rings is 1. The maximum atomic E-state index is 12.7. The van der Waals surface area contributed by atoms with Gasteiger partial charge in [0.25, 0.3) is 0 Å². The normalized spacial score (nSPS) is 16.0. The Kier molecular flexibility index (Phi) is 7.06. The molecule has 2 amide bonds. The van der Waals surface area contributed by atoms with Gasteiger partial charge in [-0.05, 0) is 65.0 Å². The second kappa shape index (κ2) is 9.58. The molecule has 1 saturated heterocycles. The van der Waals surface area contributed by atoms with Crippen molar-refractivity contribution in [2.24, 2.45) is 5.92 Å². The van der Waals surface area contributed by atoms with Gasteiger partial charge in [0.1, 0.15) is 17.5 Å². The fourth-order valence-corrected chi connectivity index (χ4v) is 3.96. The molecule has 9 heteroatoms. The summed E-state index contributed by atoms with van der Waals surface area (Å²) >= 11 is 0. The number of carbonyl (C=O) groups excluding carboxylic acids is 2. The van der Waals surface area contributed by atoms with Crippen LogP contribution in [0.3, 0.4) is 0 Å². The summed E-state index contributed by atoms with van der Waals surface area (Å²) in [5.74, 6) is 0.895.